The molecule has 0 saturated heterocycles. The van der Waals surface area contributed by atoms with Crippen LogP contribution in [0.2, 0.25) is 0 Å². The van der Waals surface area contributed by atoms with Crippen LogP contribution in [0.1, 0.15) is 44.9 Å². The number of carbonyl (C=O) groups excluding carboxylic acids is 1. The molecule has 21 heavy (non-hydrogen) atoms. The minimum atomic E-state index is -0.746. The van der Waals surface area contributed by atoms with Gasteiger partial charge in [0.25, 0.3) is 0 Å². The minimum Gasteiger partial charge on any atom is -0.481 e. The topological polar surface area (TPSA) is 87.7 Å². The summed E-state index contributed by atoms with van der Waals surface area (Å²) in [5.41, 5.74) is 0. The number of hydrogen-bond donors (Lipinski definition) is 3. The van der Waals surface area contributed by atoms with Crippen LogP contribution in [0.5, 0.6) is 0 Å². The highest BCUT2D eigenvalue weighted by atomic mass is 16.5. The third-order valence-electron chi connectivity index (χ3n) is 4.54. The van der Waals surface area contributed by atoms with Gasteiger partial charge in [0.1, 0.15) is 0 Å². The maximum absolute atomic E-state index is 11.6. The second kappa shape index (κ2) is 8.22. The van der Waals surface area contributed by atoms with Gasteiger partial charge in [-0.15, -0.1) is 0 Å². The van der Waals surface area contributed by atoms with Crippen LogP contribution in [0.25, 0.3) is 0 Å². The predicted molar refractivity (Wildman–Crippen MR) is 78.1 cm³/mol. The van der Waals surface area contributed by atoms with Crippen molar-refractivity contribution in [3.63, 3.8) is 0 Å². The first-order valence-electron chi connectivity index (χ1n) is 8.03. The number of rotatable bonds is 7. The Morgan fingerprint density at radius 3 is 2.52 bits per heavy atom. The monoisotopic (exact) mass is 298 g/mol. The summed E-state index contributed by atoms with van der Waals surface area (Å²) in [6.07, 6.45) is 7.63. The highest BCUT2D eigenvalue weighted by molar-refractivity contribution is 5.74. The summed E-state index contributed by atoms with van der Waals surface area (Å²) in [6, 6.07) is -0.235. The lowest BCUT2D eigenvalue weighted by Gasteiger charge is -2.17. The van der Waals surface area contributed by atoms with E-state index in [4.69, 9.17) is 9.84 Å². The number of urea groups is 1. The van der Waals surface area contributed by atoms with E-state index in [0.717, 1.165) is 32.1 Å². The number of ether oxygens (including phenoxy) is 1. The molecule has 120 valence electrons. The molecule has 0 heterocycles. The molecule has 2 unspecified atom stereocenters. The number of amides is 2. The van der Waals surface area contributed by atoms with E-state index in [2.05, 4.69) is 10.6 Å². The van der Waals surface area contributed by atoms with Crippen molar-refractivity contribution in [2.45, 2.75) is 51.0 Å². The molecular formula is C15H26N2O4. The highest BCUT2D eigenvalue weighted by Gasteiger charge is 2.32. The molecule has 2 saturated carbocycles. The fourth-order valence-electron chi connectivity index (χ4n) is 3.34. The Labute approximate surface area is 125 Å². The third-order valence-corrected chi connectivity index (χ3v) is 4.54. The zero-order valence-corrected chi connectivity index (χ0v) is 12.5. The summed E-state index contributed by atoms with van der Waals surface area (Å²) in [4.78, 5) is 22.7. The largest absolute Gasteiger partial charge is 0.481 e. The van der Waals surface area contributed by atoms with Crippen LogP contribution in [-0.4, -0.2) is 42.9 Å². The van der Waals surface area contributed by atoms with Crippen LogP contribution >= 0.6 is 0 Å². The van der Waals surface area contributed by atoms with Gasteiger partial charge in [0.2, 0.25) is 0 Å². The molecule has 2 atom stereocenters. The summed E-state index contributed by atoms with van der Waals surface area (Å²) in [5.74, 6) is -0.997. The summed E-state index contributed by atoms with van der Waals surface area (Å²) in [7, 11) is 0. The van der Waals surface area contributed by atoms with E-state index in [1.54, 1.807) is 0 Å². The highest BCUT2D eigenvalue weighted by Crippen LogP contribution is 2.31. The van der Waals surface area contributed by atoms with Crippen LogP contribution in [0, 0.1) is 11.8 Å². The lowest BCUT2D eigenvalue weighted by molar-refractivity contribution is -0.142. The average Bonchev–Trinajstić information content (AvgIpc) is 3.12. The molecule has 0 radical (unpaired) electrons. The molecule has 2 aliphatic rings. The molecule has 0 aromatic rings. The second-order valence-electron chi connectivity index (χ2n) is 6.05. The van der Waals surface area contributed by atoms with Crippen molar-refractivity contribution in [1.82, 2.24) is 10.6 Å². The smallest absolute Gasteiger partial charge is 0.314 e. The van der Waals surface area contributed by atoms with Gasteiger partial charge < -0.3 is 20.5 Å². The summed E-state index contributed by atoms with van der Waals surface area (Å²) in [5, 5.41) is 14.6. The van der Waals surface area contributed by atoms with E-state index >= 15 is 0 Å². The molecule has 0 bridgehead atoms. The maximum atomic E-state index is 11.6. The minimum absolute atomic E-state index is 0.0583. The van der Waals surface area contributed by atoms with Crippen molar-refractivity contribution in [3.05, 3.63) is 0 Å². The molecule has 3 N–H and O–H groups in total. The van der Waals surface area contributed by atoms with E-state index in [1.807, 2.05) is 0 Å². The first-order chi connectivity index (χ1) is 10.2. The number of carboxylic acid groups (broad SMARTS) is 1. The lowest BCUT2D eigenvalue weighted by atomic mass is 9.96. The molecule has 2 fully saturated rings. The van der Waals surface area contributed by atoms with Crippen molar-refractivity contribution >= 4 is 12.0 Å². The lowest BCUT2D eigenvalue weighted by Crippen LogP contribution is -2.41. The van der Waals surface area contributed by atoms with Crippen molar-refractivity contribution in [1.29, 1.82) is 0 Å². The van der Waals surface area contributed by atoms with Crippen molar-refractivity contribution in [2.75, 3.05) is 19.7 Å². The molecule has 2 amide bonds. The van der Waals surface area contributed by atoms with Crippen LogP contribution in [0.4, 0.5) is 4.79 Å². The Balaban J connectivity index is 1.53. The predicted octanol–water partition coefficient (Wildman–Crippen LogP) is 1.75. The van der Waals surface area contributed by atoms with Gasteiger partial charge >= 0.3 is 12.0 Å². The number of aliphatic carboxylic acids is 1. The molecule has 2 rings (SSSR count). The third kappa shape index (κ3) is 5.19. The second-order valence-corrected chi connectivity index (χ2v) is 6.05. The Morgan fingerprint density at radius 2 is 1.81 bits per heavy atom. The summed E-state index contributed by atoms with van der Waals surface area (Å²) >= 11 is 0. The molecule has 0 aromatic heterocycles. The van der Waals surface area contributed by atoms with Crippen LogP contribution in [-0.2, 0) is 9.53 Å². The van der Waals surface area contributed by atoms with E-state index in [0.29, 0.717) is 25.8 Å². The number of carboxylic acids is 1. The normalized spacial score (nSPS) is 25.9. The Hall–Kier alpha value is -1.30. The van der Waals surface area contributed by atoms with E-state index in [9.17, 15) is 9.59 Å². The quantitative estimate of drug-likeness (QED) is 0.625. The first-order valence-corrected chi connectivity index (χ1v) is 8.03. The molecule has 0 aliphatic heterocycles. The van der Waals surface area contributed by atoms with E-state index in [-0.39, 0.29) is 17.9 Å². The average molecular weight is 298 g/mol. The number of hydrogen-bond acceptors (Lipinski definition) is 3. The molecule has 2 aliphatic carbocycles. The molecule has 6 nitrogen and oxygen atoms in total. The van der Waals surface area contributed by atoms with Gasteiger partial charge in [0.15, 0.2) is 0 Å². The van der Waals surface area contributed by atoms with Crippen molar-refractivity contribution in [2.24, 2.45) is 11.8 Å². The standard InChI is InChI=1S/C15H26N2O4/c18-14(19)13-7-3-4-11(13)10-17-15(20)16-8-9-21-12-5-1-2-6-12/h11-13H,1-10H2,(H,18,19)(H2,16,17,20). The van der Waals surface area contributed by atoms with Gasteiger partial charge in [0.05, 0.1) is 18.6 Å². The van der Waals surface area contributed by atoms with Gasteiger partial charge in [-0.25, -0.2) is 4.79 Å². The van der Waals surface area contributed by atoms with Crippen molar-refractivity contribution in [3.8, 4) is 0 Å². The van der Waals surface area contributed by atoms with Gasteiger partial charge in [-0.3, -0.25) is 4.79 Å². The fourth-order valence-corrected chi connectivity index (χ4v) is 3.34. The number of carbonyl (C=O) groups is 2. The van der Waals surface area contributed by atoms with E-state index in [1.165, 1.54) is 12.8 Å². The van der Waals surface area contributed by atoms with Crippen LogP contribution in [0.15, 0.2) is 0 Å². The molecular weight excluding hydrogens is 272 g/mol. The van der Waals surface area contributed by atoms with Crippen LogP contribution in [0.3, 0.4) is 0 Å². The van der Waals surface area contributed by atoms with Gasteiger partial charge in [-0.1, -0.05) is 19.3 Å². The zero-order valence-electron chi connectivity index (χ0n) is 12.5. The summed E-state index contributed by atoms with van der Waals surface area (Å²) < 4.78 is 5.66. The Bertz CT molecular complexity index is 356. The first kappa shape index (κ1) is 16.1. The number of nitrogens with one attached hydrogen (secondary N) is 2. The van der Waals surface area contributed by atoms with Gasteiger partial charge in [0, 0.05) is 13.1 Å². The molecule has 0 spiro atoms. The van der Waals surface area contributed by atoms with Gasteiger partial charge in [-0.05, 0) is 31.6 Å². The SMILES string of the molecule is O=C(NCCOC1CCCC1)NCC1CCCC1C(=O)O. The maximum Gasteiger partial charge on any atom is 0.314 e. The van der Waals surface area contributed by atoms with E-state index < -0.39 is 5.97 Å². The fraction of sp³-hybridized carbons (Fsp3) is 0.867. The Morgan fingerprint density at radius 1 is 1.05 bits per heavy atom. The zero-order chi connectivity index (χ0) is 15.1. The van der Waals surface area contributed by atoms with Crippen LogP contribution < -0.4 is 10.6 Å². The molecule has 0 aromatic carbocycles. The molecule has 6 heteroatoms. The van der Waals surface area contributed by atoms with Crippen molar-refractivity contribution < 1.29 is 19.4 Å². The Kier molecular flexibility index (Phi) is 6.29. The summed E-state index contributed by atoms with van der Waals surface area (Å²) in [6.45, 7) is 1.47. The van der Waals surface area contributed by atoms with Gasteiger partial charge in [-0.2, -0.15) is 0 Å².